The number of rotatable bonds is 5. The van der Waals surface area contributed by atoms with E-state index in [9.17, 15) is 14.4 Å². The maximum absolute atomic E-state index is 13.0. The van der Waals surface area contributed by atoms with Gasteiger partial charge in [0.15, 0.2) is 0 Å². The van der Waals surface area contributed by atoms with Crippen molar-refractivity contribution in [3.8, 4) is 5.75 Å². The monoisotopic (exact) mass is 632 g/mol. The standard InChI is InChI=1S/C24H15Br3N2O4/c25-16-5-7-18(8-6-16)29-23(31)20(22(30)28-24(29)32)11-14-1-9-19(10-2-14)33-13-15-3-4-17(26)12-21(15)27/h1-12H,13H2,(H,28,30,32)/b20-11+. The topological polar surface area (TPSA) is 75.7 Å². The molecule has 1 heterocycles. The smallest absolute Gasteiger partial charge is 0.335 e. The number of hydrogen-bond donors (Lipinski definition) is 1. The van der Waals surface area contributed by atoms with Crippen molar-refractivity contribution < 1.29 is 19.1 Å². The molecule has 9 heteroatoms. The number of barbiturate groups is 1. The Morgan fingerprint density at radius 2 is 1.52 bits per heavy atom. The third kappa shape index (κ3) is 5.43. The molecule has 6 nitrogen and oxygen atoms in total. The molecule has 1 aliphatic heterocycles. The molecule has 1 fully saturated rings. The molecule has 0 unspecified atom stereocenters. The minimum Gasteiger partial charge on any atom is -0.489 e. The molecular formula is C24H15Br3N2O4. The van der Waals surface area contributed by atoms with E-state index in [1.807, 2.05) is 18.2 Å². The first-order chi connectivity index (χ1) is 15.8. The average molecular weight is 635 g/mol. The van der Waals surface area contributed by atoms with Crippen LogP contribution >= 0.6 is 47.8 Å². The van der Waals surface area contributed by atoms with E-state index in [0.717, 1.165) is 23.9 Å². The van der Waals surface area contributed by atoms with Crippen molar-refractivity contribution >= 4 is 77.4 Å². The summed E-state index contributed by atoms with van der Waals surface area (Å²) in [7, 11) is 0. The van der Waals surface area contributed by atoms with E-state index in [2.05, 4.69) is 53.1 Å². The van der Waals surface area contributed by atoms with E-state index < -0.39 is 17.8 Å². The number of nitrogens with one attached hydrogen (secondary N) is 1. The maximum atomic E-state index is 13.0. The number of amides is 4. The lowest BCUT2D eigenvalue weighted by Crippen LogP contribution is -2.54. The highest BCUT2D eigenvalue weighted by Crippen LogP contribution is 2.26. The van der Waals surface area contributed by atoms with E-state index >= 15 is 0 Å². The number of imide groups is 2. The molecule has 4 amide bonds. The Morgan fingerprint density at radius 1 is 0.848 bits per heavy atom. The van der Waals surface area contributed by atoms with Crippen molar-refractivity contribution in [1.29, 1.82) is 0 Å². The molecule has 0 aliphatic carbocycles. The summed E-state index contributed by atoms with van der Waals surface area (Å²) in [6.07, 6.45) is 1.45. The van der Waals surface area contributed by atoms with Gasteiger partial charge in [-0.25, -0.2) is 9.69 Å². The van der Waals surface area contributed by atoms with Gasteiger partial charge in [0, 0.05) is 19.0 Å². The molecule has 0 aromatic heterocycles. The fourth-order valence-electron chi connectivity index (χ4n) is 3.11. The number of urea groups is 1. The highest BCUT2D eigenvalue weighted by Gasteiger charge is 2.36. The second-order valence-corrected chi connectivity index (χ2v) is 9.71. The summed E-state index contributed by atoms with van der Waals surface area (Å²) in [5, 5.41) is 2.22. The Morgan fingerprint density at radius 3 is 2.18 bits per heavy atom. The van der Waals surface area contributed by atoms with Crippen molar-refractivity contribution in [2.24, 2.45) is 0 Å². The zero-order valence-electron chi connectivity index (χ0n) is 16.8. The lowest BCUT2D eigenvalue weighted by atomic mass is 10.1. The fraction of sp³-hybridized carbons (Fsp3) is 0.0417. The van der Waals surface area contributed by atoms with Gasteiger partial charge in [-0.2, -0.15) is 0 Å². The molecule has 0 saturated carbocycles. The molecule has 0 radical (unpaired) electrons. The predicted octanol–water partition coefficient (Wildman–Crippen LogP) is 6.22. The van der Waals surface area contributed by atoms with E-state index in [-0.39, 0.29) is 5.57 Å². The Balaban J connectivity index is 1.51. The maximum Gasteiger partial charge on any atom is 0.335 e. The van der Waals surface area contributed by atoms with Gasteiger partial charge in [0.05, 0.1) is 5.69 Å². The lowest BCUT2D eigenvalue weighted by Gasteiger charge is -2.26. The third-order valence-electron chi connectivity index (χ3n) is 4.79. The van der Waals surface area contributed by atoms with Gasteiger partial charge in [-0.05, 0) is 60.2 Å². The summed E-state index contributed by atoms with van der Waals surface area (Å²) >= 11 is 10.2. The number of carbonyl (C=O) groups excluding carboxylic acids is 3. The first-order valence-electron chi connectivity index (χ1n) is 9.65. The fourth-order valence-corrected chi connectivity index (χ4v) is 4.53. The molecule has 3 aromatic rings. The number of carbonyl (C=O) groups is 3. The summed E-state index contributed by atoms with van der Waals surface area (Å²) in [6, 6.07) is 18.7. The number of benzene rings is 3. The summed E-state index contributed by atoms with van der Waals surface area (Å²) in [4.78, 5) is 38.5. The SMILES string of the molecule is O=C1NC(=O)N(c2ccc(Br)cc2)C(=O)/C1=C/c1ccc(OCc2ccc(Br)cc2Br)cc1. The van der Waals surface area contributed by atoms with Crippen LogP contribution in [-0.2, 0) is 16.2 Å². The number of nitrogens with zero attached hydrogens (tertiary/aromatic N) is 1. The molecule has 0 atom stereocenters. The van der Waals surface area contributed by atoms with Crippen LogP contribution in [0.4, 0.5) is 10.5 Å². The Hall–Kier alpha value is -2.75. The average Bonchev–Trinajstić information content (AvgIpc) is 2.78. The molecule has 1 saturated heterocycles. The van der Waals surface area contributed by atoms with Crippen LogP contribution in [0.15, 0.2) is 85.7 Å². The minimum atomic E-state index is -0.785. The zero-order valence-corrected chi connectivity index (χ0v) is 21.6. The van der Waals surface area contributed by atoms with E-state index in [1.54, 1.807) is 48.5 Å². The van der Waals surface area contributed by atoms with Crippen LogP contribution in [0.25, 0.3) is 6.08 Å². The van der Waals surface area contributed by atoms with Gasteiger partial charge in [0.1, 0.15) is 17.9 Å². The third-order valence-corrected chi connectivity index (χ3v) is 6.55. The quantitative estimate of drug-likeness (QED) is 0.267. The molecule has 3 aromatic carbocycles. The molecular weight excluding hydrogens is 620 g/mol. The summed E-state index contributed by atoms with van der Waals surface area (Å²) in [5.74, 6) is -0.789. The first kappa shape index (κ1) is 23.4. The molecule has 4 rings (SSSR count). The first-order valence-corrected chi connectivity index (χ1v) is 12.0. The van der Waals surface area contributed by atoms with Gasteiger partial charge in [-0.15, -0.1) is 0 Å². The van der Waals surface area contributed by atoms with Crippen LogP contribution in [0.3, 0.4) is 0 Å². The predicted molar refractivity (Wildman–Crippen MR) is 136 cm³/mol. The van der Waals surface area contributed by atoms with E-state index in [1.165, 1.54) is 6.08 Å². The zero-order chi connectivity index (χ0) is 23.5. The van der Waals surface area contributed by atoms with Crippen LogP contribution in [0, 0.1) is 0 Å². The second kappa shape index (κ2) is 10.0. The minimum absolute atomic E-state index is 0.134. The van der Waals surface area contributed by atoms with Gasteiger partial charge in [-0.1, -0.05) is 66.0 Å². The number of anilines is 1. The van der Waals surface area contributed by atoms with Crippen molar-refractivity contribution in [1.82, 2.24) is 5.32 Å². The normalized spacial score (nSPS) is 15.1. The van der Waals surface area contributed by atoms with Crippen LogP contribution in [-0.4, -0.2) is 17.8 Å². The Kier molecular flexibility index (Phi) is 7.11. The molecule has 1 N–H and O–H groups in total. The van der Waals surface area contributed by atoms with Gasteiger partial charge >= 0.3 is 6.03 Å². The molecule has 0 bridgehead atoms. The van der Waals surface area contributed by atoms with Crippen molar-refractivity contribution in [3.63, 3.8) is 0 Å². The summed E-state index contributed by atoms with van der Waals surface area (Å²) in [6.45, 7) is 0.374. The van der Waals surface area contributed by atoms with Gasteiger partial charge < -0.3 is 4.74 Å². The van der Waals surface area contributed by atoms with Crippen LogP contribution in [0.2, 0.25) is 0 Å². The molecule has 1 aliphatic rings. The van der Waals surface area contributed by atoms with Crippen LogP contribution < -0.4 is 15.0 Å². The van der Waals surface area contributed by atoms with E-state index in [4.69, 9.17) is 4.74 Å². The van der Waals surface area contributed by atoms with Gasteiger partial charge in [-0.3, -0.25) is 14.9 Å². The number of ether oxygens (including phenoxy) is 1. The summed E-state index contributed by atoms with van der Waals surface area (Å²) < 4.78 is 8.54. The summed E-state index contributed by atoms with van der Waals surface area (Å²) in [5.41, 5.74) is 1.84. The number of hydrogen-bond acceptors (Lipinski definition) is 4. The highest BCUT2D eigenvalue weighted by molar-refractivity contribution is 9.11. The second-order valence-electron chi connectivity index (χ2n) is 7.03. The van der Waals surface area contributed by atoms with Crippen molar-refractivity contribution in [2.75, 3.05) is 4.90 Å². The highest BCUT2D eigenvalue weighted by atomic mass is 79.9. The van der Waals surface area contributed by atoms with Crippen molar-refractivity contribution in [3.05, 3.63) is 96.8 Å². The molecule has 0 spiro atoms. The van der Waals surface area contributed by atoms with E-state index in [0.29, 0.717) is 23.6 Å². The lowest BCUT2D eigenvalue weighted by molar-refractivity contribution is -0.122. The van der Waals surface area contributed by atoms with Gasteiger partial charge in [0.2, 0.25) is 0 Å². The van der Waals surface area contributed by atoms with Crippen LogP contribution in [0.1, 0.15) is 11.1 Å². The van der Waals surface area contributed by atoms with Gasteiger partial charge in [0.25, 0.3) is 11.8 Å². The Labute approximate surface area is 215 Å². The Bertz CT molecular complexity index is 1270. The number of halogens is 3. The molecule has 166 valence electrons. The van der Waals surface area contributed by atoms with Crippen LogP contribution in [0.5, 0.6) is 5.75 Å². The van der Waals surface area contributed by atoms with Crippen molar-refractivity contribution in [2.45, 2.75) is 6.61 Å². The molecule has 33 heavy (non-hydrogen) atoms. The largest absolute Gasteiger partial charge is 0.489 e.